The number of alkyl halides is 3. The van der Waals surface area contributed by atoms with E-state index in [1.165, 1.54) is 7.11 Å². The summed E-state index contributed by atoms with van der Waals surface area (Å²) in [5.74, 6) is -3.63. The zero-order chi connectivity index (χ0) is 25.3. The van der Waals surface area contributed by atoms with Crippen LogP contribution in [0.3, 0.4) is 0 Å². The zero-order valence-corrected chi connectivity index (χ0v) is 18.1. The van der Waals surface area contributed by atoms with Gasteiger partial charge in [-0.2, -0.15) is 13.2 Å². The van der Waals surface area contributed by atoms with Gasteiger partial charge in [-0.05, 0) is 23.6 Å². The number of ether oxygens (including phenoxy) is 1. The highest BCUT2D eigenvalue weighted by Gasteiger charge is 2.38. The number of nitrogens with one attached hydrogen (secondary N) is 2. The van der Waals surface area contributed by atoms with Gasteiger partial charge in [0.1, 0.15) is 6.04 Å². The van der Waals surface area contributed by atoms with Gasteiger partial charge in [-0.1, -0.05) is 48.5 Å². The number of aromatic nitrogens is 1. The second-order valence-corrected chi connectivity index (χ2v) is 7.25. The lowest BCUT2D eigenvalue weighted by Crippen LogP contribution is -2.50. The van der Waals surface area contributed by atoms with Crippen LogP contribution < -0.4 is 11.1 Å². The predicted molar refractivity (Wildman–Crippen MR) is 118 cm³/mol. The standard InChI is InChI=1S/C21H23N3O3.C2HF3O2/c1-27-21(26)19(11-14-7-3-2-4-8-14)24-20(25)17(22)12-15-13-23-18-10-6-5-9-16(15)18;3-2(4,5)1(6)7/h2-10,13,17,19,23H,11-12,22H2,1H3,(H,24,25);(H,6,7)/t17-,19+;/m1./s1. The normalized spacial score (nSPS) is 12.7. The Morgan fingerprint density at radius 1 is 1.06 bits per heavy atom. The third-order valence-electron chi connectivity index (χ3n) is 4.78. The summed E-state index contributed by atoms with van der Waals surface area (Å²) >= 11 is 0. The van der Waals surface area contributed by atoms with Gasteiger partial charge in [0.2, 0.25) is 5.91 Å². The first-order valence-corrected chi connectivity index (χ1v) is 10.1. The van der Waals surface area contributed by atoms with E-state index in [0.29, 0.717) is 12.8 Å². The highest BCUT2D eigenvalue weighted by molar-refractivity contribution is 5.89. The van der Waals surface area contributed by atoms with Gasteiger partial charge in [0.15, 0.2) is 0 Å². The second kappa shape index (κ2) is 11.8. The number of rotatable bonds is 7. The average Bonchev–Trinajstić information content (AvgIpc) is 3.21. The van der Waals surface area contributed by atoms with Crippen LogP contribution in [0.4, 0.5) is 13.2 Å². The number of fused-ring (bicyclic) bond motifs is 1. The Hall–Kier alpha value is -3.86. The summed E-state index contributed by atoms with van der Waals surface area (Å²) in [6.45, 7) is 0. The van der Waals surface area contributed by atoms with Crippen LogP contribution in [0.5, 0.6) is 0 Å². The van der Waals surface area contributed by atoms with Crippen molar-refractivity contribution in [1.29, 1.82) is 0 Å². The third kappa shape index (κ3) is 7.62. The number of aromatic amines is 1. The molecule has 0 unspecified atom stereocenters. The van der Waals surface area contributed by atoms with E-state index in [4.69, 9.17) is 20.4 Å². The Kier molecular flexibility index (Phi) is 9.19. The number of carbonyl (C=O) groups excluding carboxylic acids is 2. The molecule has 182 valence electrons. The molecule has 5 N–H and O–H groups in total. The number of hydrogen-bond donors (Lipinski definition) is 4. The largest absolute Gasteiger partial charge is 0.490 e. The highest BCUT2D eigenvalue weighted by atomic mass is 19.4. The fraction of sp³-hybridized carbons (Fsp3) is 0.261. The zero-order valence-electron chi connectivity index (χ0n) is 18.1. The Morgan fingerprint density at radius 2 is 1.65 bits per heavy atom. The maximum Gasteiger partial charge on any atom is 0.490 e. The van der Waals surface area contributed by atoms with E-state index in [2.05, 4.69) is 10.3 Å². The van der Waals surface area contributed by atoms with E-state index in [9.17, 15) is 22.8 Å². The topological polar surface area (TPSA) is 135 Å². The number of benzene rings is 2. The van der Waals surface area contributed by atoms with Gasteiger partial charge in [0.05, 0.1) is 13.2 Å². The minimum absolute atomic E-state index is 0.346. The second-order valence-electron chi connectivity index (χ2n) is 7.25. The lowest BCUT2D eigenvalue weighted by atomic mass is 10.0. The Morgan fingerprint density at radius 3 is 2.24 bits per heavy atom. The molecule has 0 aliphatic heterocycles. The lowest BCUT2D eigenvalue weighted by Gasteiger charge is -2.19. The number of aliphatic carboxylic acids is 1. The summed E-state index contributed by atoms with van der Waals surface area (Å²) < 4.78 is 36.6. The van der Waals surface area contributed by atoms with E-state index >= 15 is 0 Å². The Balaban J connectivity index is 0.000000509. The molecular weight excluding hydrogens is 455 g/mol. The first-order valence-electron chi connectivity index (χ1n) is 10.1. The first-order chi connectivity index (χ1) is 16.0. The molecule has 8 nitrogen and oxygen atoms in total. The van der Waals surface area contributed by atoms with Gasteiger partial charge in [-0.3, -0.25) is 4.79 Å². The molecule has 1 amide bonds. The van der Waals surface area contributed by atoms with Crippen LogP contribution in [0, 0.1) is 0 Å². The van der Waals surface area contributed by atoms with Gasteiger partial charge in [0, 0.05) is 23.5 Å². The molecule has 0 aliphatic carbocycles. The van der Waals surface area contributed by atoms with Crippen LogP contribution in [-0.4, -0.2) is 53.3 Å². The number of carbonyl (C=O) groups is 3. The maximum absolute atomic E-state index is 12.6. The van der Waals surface area contributed by atoms with Crippen LogP contribution in [0.1, 0.15) is 11.1 Å². The summed E-state index contributed by atoms with van der Waals surface area (Å²) in [7, 11) is 1.30. The van der Waals surface area contributed by atoms with Crippen molar-refractivity contribution < 1.29 is 37.4 Å². The van der Waals surface area contributed by atoms with Gasteiger partial charge in [0.25, 0.3) is 0 Å². The number of para-hydroxylation sites is 1. The molecular formula is C23H24F3N3O5. The van der Waals surface area contributed by atoms with Crippen molar-refractivity contribution in [3.63, 3.8) is 0 Å². The Bertz CT molecular complexity index is 1120. The molecule has 0 saturated heterocycles. The number of esters is 1. The Labute approximate surface area is 192 Å². The number of carboxylic acids is 1. The van der Waals surface area contributed by atoms with Crippen LogP contribution in [0.25, 0.3) is 10.9 Å². The van der Waals surface area contributed by atoms with Crippen molar-refractivity contribution in [2.24, 2.45) is 5.73 Å². The van der Waals surface area contributed by atoms with E-state index < -0.39 is 30.2 Å². The van der Waals surface area contributed by atoms with Crippen LogP contribution in [0.2, 0.25) is 0 Å². The smallest absolute Gasteiger partial charge is 0.475 e. The van der Waals surface area contributed by atoms with Crippen molar-refractivity contribution in [1.82, 2.24) is 10.3 Å². The van der Waals surface area contributed by atoms with Crippen molar-refractivity contribution in [2.45, 2.75) is 31.1 Å². The van der Waals surface area contributed by atoms with Gasteiger partial charge in [-0.15, -0.1) is 0 Å². The lowest BCUT2D eigenvalue weighted by molar-refractivity contribution is -0.192. The highest BCUT2D eigenvalue weighted by Crippen LogP contribution is 2.19. The minimum atomic E-state index is -5.08. The molecule has 3 rings (SSSR count). The minimum Gasteiger partial charge on any atom is -0.475 e. The molecule has 2 aromatic carbocycles. The maximum atomic E-state index is 12.6. The molecule has 34 heavy (non-hydrogen) atoms. The average molecular weight is 479 g/mol. The summed E-state index contributed by atoms with van der Waals surface area (Å²) in [5.41, 5.74) is 8.99. The summed E-state index contributed by atoms with van der Waals surface area (Å²) in [5, 5.41) is 10.9. The van der Waals surface area contributed by atoms with Crippen molar-refractivity contribution in [3.8, 4) is 0 Å². The summed E-state index contributed by atoms with van der Waals surface area (Å²) in [6.07, 6.45) is -2.51. The molecule has 0 saturated carbocycles. The van der Waals surface area contributed by atoms with E-state index in [1.807, 2.05) is 60.8 Å². The van der Waals surface area contributed by atoms with E-state index in [0.717, 1.165) is 22.0 Å². The number of hydrogen-bond acceptors (Lipinski definition) is 5. The van der Waals surface area contributed by atoms with Crippen LogP contribution in [-0.2, 0) is 32.0 Å². The molecule has 0 bridgehead atoms. The SMILES string of the molecule is COC(=O)[C@H](Cc1ccccc1)NC(=O)[C@H](N)Cc1c[nH]c2ccccc12.O=C(O)C(F)(F)F. The molecule has 0 radical (unpaired) electrons. The number of halogens is 3. The molecule has 11 heteroatoms. The van der Waals surface area contributed by atoms with Gasteiger partial charge in [-0.25, -0.2) is 9.59 Å². The molecule has 0 spiro atoms. The van der Waals surface area contributed by atoms with Crippen molar-refractivity contribution in [2.75, 3.05) is 7.11 Å². The number of methoxy groups -OCH3 is 1. The third-order valence-corrected chi connectivity index (χ3v) is 4.78. The van der Waals surface area contributed by atoms with Crippen molar-refractivity contribution >= 4 is 28.7 Å². The van der Waals surface area contributed by atoms with Gasteiger partial charge < -0.3 is 25.9 Å². The molecule has 0 aliphatic rings. The number of amides is 1. The molecule has 2 atom stereocenters. The monoisotopic (exact) mass is 479 g/mol. The molecule has 1 heterocycles. The number of carboxylic acid groups (broad SMARTS) is 1. The molecule has 3 aromatic rings. The van der Waals surface area contributed by atoms with Crippen LogP contribution in [0.15, 0.2) is 60.8 Å². The predicted octanol–water partition coefficient (Wildman–Crippen LogP) is 2.57. The summed E-state index contributed by atoms with van der Waals surface area (Å²) in [4.78, 5) is 36.7. The fourth-order valence-corrected chi connectivity index (χ4v) is 3.09. The van der Waals surface area contributed by atoms with E-state index in [1.54, 1.807) is 0 Å². The van der Waals surface area contributed by atoms with E-state index in [-0.39, 0.29) is 5.91 Å². The molecule has 1 aromatic heterocycles. The van der Waals surface area contributed by atoms with Crippen LogP contribution >= 0.6 is 0 Å². The first kappa shape index (κ1) is 26.4. The quantitative estimate of drug-likeness (QED) is 0.385. The number of H-pyrrole nitrogens is 1. The molecule has 0 fully saturated rings. The summed E-state index contributed by atoms with van der Waals surface area (Å²) in [6, 6.07) is 15.7. The van der Waals surface area contributed by atoms with Crippen molar-refractivity contribution in [3.05, 3.63) is 71.9 Å². The van der Waals surface area contributed by atoms with Gasteiger partial charge >= 0.3 is 18.1 Å². The number of nitrogens with two attached hydrogens (primary N) is 1. The fourth-order valence-electron chi connectivity index (χ4n) is 3.09.